The van der Waals surface area contributed by atoms with Gasteiger partial charge in [0.2, 0.25) is 0 Å². The van der Waals surface area contributed by atoms with Gasteiger partial charge in [-0.1, -0.05) is 41.1 Å². The quantitative estimate of drug-likeness (QED) is 0.867. The smallest absolute Gasteiger partial charge is 0.0207 e. The standard InChI is InChI=1S/C14H20BrN/c1-3-16-11(2)14(8-9-14)10-12-6-4-5-7-13(12)15/h4-7,11,16H,3,8-10H2,1-2H3. The first-order valence-corrected chi connectivity index (χ1v) is 6.94. The molecule has 1 nitrogen and oxygen atoms in total. The molecule has 1 atom stereocenters. The van der Waals surface area contributed by atoms with Crippen LogP contribution in [0.3, 0.4) is 0 Å². The molecule has 0 spiro atoms. The van der Waals surface area contributed by atoms with Crippen molar-refractivity contribution < 1.29 is 0 Å². The topological polar surface area (TPSA) is 12.0 Å². The van der Waals surface area contributed by atoms with E-state index in [0.717, 1.165) is 6.54 Å². The molecule has 0 heterocycles. The highest BCUT2D eigenvalue weighted by Crippen LogP contribution is 2.51. The molecule has 1 aromatic rings. The Morgan fingerprint density at radius 1 is 1.38 bits per heavy atom. The number of benzene rings is 1. The van der Waals surface area contributed by atoms with Gasteiger partial charge in [-0.05, 0) is 49.8 Å². The SMILES string of the molecule is CCNC(C)C1(Cc2ccccc2Br)CC1. The van der Waals surface area contributed by atoms with Gasteiger partial charge in [-0.2, -0.15) is 0 Å². The Kier molecular flexibility index (Phi) is 3.70. The Hall–Kier alpha value is -0.340. The first-order valence-electron chi connectivity index (χ1n) is 6.15. The summed E-state index contributed by atoms with van der Waals surface area (Å²) < 4.78 is 1.25. The van der Waals surface area contributed by atoms with Gasteiger partial charge in [0.15, 0.2) is 0 Å². The largest absolute Gasteiger partial charge is 0.314 e. The van der Waals surface area contributed by atoms with Crippen LogP contribution in [0.25, 0.3) is 0 Å². The van der Waals surface area contributed by atoms with Crippen LogP contribution in [-0.4, -0.2) is 12.6 Å². The Balaban J connectivity index is 2.07. The minimum Gasteiger partial charge on any atom is -0.314 e. The molecule has 0 bridgehead atoms. The zero-order valence-corrected chi connectivity index (χ0v) is 11.7. The van der Waals surface area contributed by atoms with Crippen molar-refractivity contribution in [1.29, 1.82) is 0 Å². The molecular formula is C14H20BrN. The fraction of sp³-hybridized carbons (Fsp3) is 0.571. The van der Waals surface area contributed by atoms with E-state index in [2.05, 4.69) is 59.4 Å². The van der Waals surface area contributed by atoms with Crippen LogP contribution >= 0.6 is 15.9 Å². The van der Waals surface area contributed by atoms with E-state index in [-0.39, 0.29) is 0 Å². The number of nitrogens with one attached hydrogen (secondary N) is 1. The van der Waals surface area contributed by atoms with Crippen LogP contribution in [0.1, 0.15) is 32.3 Å². The molecule has 1 unspecified atom stereocenters. The fourth-order valence-electron chi connectivity index (χ4n) is 2.47. The van der Waals surface area contributed by atoms with E-state index in [0.29, 0.717) is 11.5 Å². The molecule has 0 aromatic heterocycles. The van der Waals surface area contributed by atoms with Crippen LogP contribution in [0.15, 0.2) is 28.7 Å². The summed E-state index contributed by atoms with van der Waals surface area (Å²) in [6.45, 7) is 5.58. The van der Waals surface area contributed by atoms with Gasteiger partial charge in [-0.25, -0.2) is 0 Å². The van der Waals surface area contributed by atoms with Crippen molar-refractivity contribution in [1.82, 2.24) is 5.32 Å². The maximum absolute atomic E-state index is 3.64. The van der Waals surface area contributed by atoms with Crippen LogP contribution < -0.4 is 5.32 Å². The lowest BCUT2D eigenvalue weighted by atomic mass is 9.90. The van der Waals surface area contributed by atoms with Gasteiger partial charge in [-0.15, -0.1) is 0 Å². The Morgan fingerprint density at radius 2 is 2.06 bits per heavy atom. The Morgan fingerprint density at radius 3 is 2.62 bits per heavy atom. The summed E-state index contributed by atoms with van der Waals surface area (Å²) >= 11 is 3.64. The van der Waals surface area contributed by atoms with Crippen LogP contribution in [0.4, 0.5) is 0 Å². The second-order valence-corrected chi connectivity index (χ2v) is 5.76. The predicted octanol–water partition coefficient (Wildman–Crippen LogP) is 3.77. The molecule has 1 N–H and O–H groups in total. The van der Waals surface area contributed by atoms with Gasteiger partial charge in [0.05, 0.1) is 0 Å². The van der Waals surface area contributed by atoms with E-state index in [1.54, 1.807) is 0 Å². The van der Waals surface area contributed by atoms with Gasteiger partial charge in [0.1, 0.15) is 0 Å². The molecule has 1 fully saturated rings. The second kappa shape index (κ2) is 4.89. The molecule has 1 aromatic carbocycles. The summed E-state index contributed by atoms with van der Waals surface area (Å²) in [6, 6.07) is 9.23. The average molecular weight is 282 g/mol. The molecule has 2 rings (SSSR count). The van der Waals surface area contributed by atoms with Gasteiger partial charge in [0.25, 0.3) is 0 Å². The summed E-state index contributed by atoms with van der Waals surface area (Å²) in [5.41, 5.74) is 1.96. The molecule has 88 valence electrons. The minimum atomic E-state index is 0.514. The molecule has 0 saturated heterocycles. The minimum absolute atomic E-state index is 0.514. The number of hydrogen-bond acceptors (Lipinski definition) is 1. The first kappa shape index (κ1) is 12.1. The molecule has 2 heteroatoms. The second-order valence-electron chi connectivity index (χ2n) is 4.91. The Labute approximate surface area is 107 Å². The zero-order chi connectivity index (χ0) is 11.6. The number of rotatable bonds is 5. The van der Waals surface area contributed by atoms with Crippen molar-refractivity contribution in [2.45, 2.75) is 39.2 Å². The van der Waals surface area contributed by atoms with Crippen molar-refractivity contribution in [2.24, 2.45) is 5.41 Å². The first-order chi connectivity index (χ1) is 7.68. The lowest BCUT2D eigenvalue weighted by Gasteiger charge is -2.24. The molecule has 0 aliphatic heterocycles. The molecule has 16 heavy (non-hydrogen) atoms. The number of halogens is 1. The maximum atomic E-state index is 3.64. The van der Waals surface area contributed by atoms with Crippen LogP contribution in [0.2, 0.25) is 0 Å². The summed E-state index contributed by atoms with van der Waals surface area (Å²) in [6.07, 6.45) is 3.92. The van der Waals surface area contributed by atoms with Gasteiger partial charge in [-0.3, -0.25) is 0 Å². The van der Waals surface area contributed by atoms with Crippen molar-refractivity contribution in [2.75, 3.05) is 6.54 Å². The number of hydrogen-bond donors (Lipinski definition) is 1. The van der Waals surface area contributed by atoms with Gasteiger partial charge >= 0.3 is 0 Å². The van der Waals surface area contributed by atoms with Crippen LogP contribution in [-0.2, 0) is 6.42 Å². The highest BCUT2D eigenvalue weighted by Gasteiger charge is 2.46. The Bertz CT molecular complexity index is 358. The van der Waals surface area contributed by atoms with E-state index >= 15 is 0 Å². The third-order valence-electron chi connectivity index (χ3n) is 3.82. The molecular weight excluding hydrogens is 262 g/mol. The summed E-state index contributed by atoms with van der Waals surface area (Å²) in [5, 5.41) is 3.57. The highest BCUT2D eigenvalue weighted by atomic mass is 79.9. The lowest BCUT2D eigenvalue weighted by molar-refractivity contribution is 0.355. The zero-order valence-electron chi connectivity index (χ0n) is 10.1. The van der Waals surface area contributed by atoms with Crippen molar-refractivity contribution >= 4 is 15.9 Å². The van der Waals surface area contributed by atoms with E-state index in [9.17, 15) is 0 Å². The molecule has 1 aliphatic rings. The summed E-state index contributed by atoms with van der Waals surface area (Å²) in [7, 11) is 0. The van der Waals surface area contributed by atoms with Crippen LogP contribution in [0, 0.1) is 5.41 Å². The van der Waals surface area contributed by atoms with Crippen molar-refractivity contribution in [3.05, 3.63) is 34.3 Å². The monoisotopic (exact) mass is 281 g/mol. The molecule has 1 saturated carbocycles. The molecule has 0 amide bonds. The van der Waals surface area contributed by atoms with Gasteiger partial charge < -0.3 is 5.32 Å². The molecule has 1 aliphatic carbocycles. The highest BCUT2D eigenvalue weighted by molar-refractivity contribution is 9.10. The average Bonchev–Trinajstić information content (AvgIpc) is 3.03. The van der Waals surface area contributed by atoms with E-state index < -0.39 is 0 Å². The molecule has 0 radical (unpaired) electrons. The van der Waals surface area contributed by atoms with Crippen LogP contribution in [0.5, 0.6) is 0 Å². The van der Waals surface area contributed by atoms with Crippen molar-refractivity contribution in [3.8, 4) is 0 Å². The van der Waals surface area contributed by atoms with E-state index in [1.165, 1.54) is 29.3 Å². The third-order valence-corrected chi connectivity index (χ3v) is 4.60. The summed E-state index contributed by atoms with van der Waals surface area (Å²) in [4.78, 5) is 0. The van der Waals surface area contributed by atoms with Crippen molar-refractivity contribution in [3.63, 3.8) is 0 Å². The van der Waals surface area contributed by atoms with Gasteiger partial charge in [0, 0.05) is 10.5 Å². The van der Waals surface area contributed by atoms with E-state index in [4.69, 9.17) is 0 Å². The van der Waals surface area contributed by atoms with E-state index in [1.807, 2.05) is 0 Å². The third kappa shape index (κ3) is 2.49. The fourth-order valence-corrected chi connectivity index (χ4v) is 2.89. The summed E-state index contributed by atoms with van der Waals surface area (Å²) in [5.74, 6) is 0. The predicted molar refractivity (Wildman–Crippen MR) is 72.7 cm³/mol. The maximum Gasteiger partial charge on any atom is 0.0207 e. The normalized spacial score (nSPS) is 19.4. The lowest BCUT2D eigenvalue weighted by Crippen LogP contribution is -2.36.